The number of carbonyl (C=O) groups excluding carboxylic acids is 1. The van der Waals surface area contributed by atoms with Gasteiger partial charge in [-0.25, -0.2) is 4.68 Å². The summed E-state index contributed by atoms with van der Waals surface area (Å²) in [5.41, 5.74) is 0.990. The maximum absolute atomic E-state index is 12.4. The molecule has 3 N–H and O–H groups in total. The number of aromatic nitrogens is 3. The molecule has 26 heavy (non-hydrogen) atoms. The van der Waals surface area contributed by atoms with Gasteiger partial charge in [-0.15, -0.1) is 10.2 Å². The number of rotatable bonds is 6. The van der Waals surface area contributed by atoms with Crippen LogP contribution in [0.5, 0.6) is 11.5 Å². The van der Waals surface area contributed by atoms with Gasteiger partial charge in [0.1, 0.15) is 6.33 Å². The van der Waals surface area contributed by atoms with Crippen molar-refractivity contribution in [2.45, 2.75) is 31.5 Å². The van der Waals surface area contributed by atoms with Gasteiger partial charge >= 0.3 is 0 Å². The third-order valence-corrected chi connectivity index (χ3v) is 4.94. The zero-order valence-electron chi connectivity index (χ0n) is 14.8. The lowest BCUT2D eigenvalue weighted by Crippen LogP contribution is -2.33. The van der Waals surface area contributed by atoms with Gasteiger partial charge in [0.05, 0.1) is 25.0 Å². The second kappa shape index (κ2) is 8.31. The molecule has 2 aromatic rings. The number of nitrogens with two attached hydrogens (primary N) is 1. The van der Waals surface area contributed by atoms with Crippen LogP contribution in [-0.2, 0) is 4.79 Å². The number of benzene rings is 1. The minimum absolute atomic E-state index is 0.0937. The molecule has 1 aliphatic heterocycles. The Morgan fingerprint density at radius 3 is 2.81 bits per heavy atom. The van der Waals surface area contributed by atoms with E-state index < -0.39 is 0 Å². The first kappa shape index (κ1) is 18.4. The van der Waals surface area contributed by atoms with E-state index in [4.69, 9.17) is 15.3 Å². The summed E-state index contributed by atoms with van der Waals surface area (Å²) in [7, 11) is 0. The molecule has 1 aliphatic rings. The van der Waals surface area contributed by atoms with Gasteiger partial charge in [-0.05, 0) is 23.6 Å². The van der Waals surface area contributed by atoms with Crippen LogP contribution in [0.25, 0.3) is 0 Å². The summed E-state index contributed by atoms with van der Waals surface area (Å²) >= 11 is 1.24. The molecule has 0 spiro atoms. The highest BCUT2D eigenvalue weighted by Crippen LogP contribution is 2.34. The summed E-state index contributed by atoms with van der Waals surface area (Å²) in [6.07, 6.45) is 2.26. The molecule has 1 aromatic heterocycles. The molecule has 140 valence electrons. The molecule has 2 heterocycles. The van der Waals surface area contributed by atoms with Gasteiger partial charge in [0.15, 0.2) is 11.5 Å². The predicted octanol–water partition coefficient (Wildman–Crippen LogP) is 1.76. The van der Waals surface area contributed by atoms with Crippen LogP contribution < -0.4 is 20.6 Å². The summed E-state index contributed by atoms with van der Waals surface area (Å²) in [5, 5.41) is 11.1. The van der Waals surface area contributed by atoms with Crippen molar-refractivity contribution in [3.63, 3.8) is 0 Å². The van der Waals surface area contributed by atoms with Gasteiger partial charge in [-0.3, -0.25) is 4.79 Å². The van der Waals surface area contributed by atoms with E-state index in [9.17, 15) is 4.79 Å². The van der Waals surface area contributed by atoms with Crippen molar-refractivity contribution in [1.29, 1.82) is 0 Å². The lowest BCUT2D eigenvalue weighted by Gasteiger charge is -2.23. The van der Waals surface area contributed by atoms with Gasteiger partial charge in [-0.2, -0.15) is 0 Å². The largest absolute Gasteiger partial charge is 0.490 e. The number of hydrogen-bond acceptors (Lipinski definition) is 7. The third kappa shape index (κ3) is 4.40. The van der Waals surface area contributed by atoms with Crippen molar-refractivity contribution in [2.75, 3.05) is 24.8 Å². The van der Waals surface area contributed by atoms with Crippen LogP contribution in [0.1, 0.15) is 31.9 Å². The van der Waals surface area contributed by atoms with Crippen LogP contribution in [0.15, 0.2) is 29.7 Å². The first-order valence-corrected chi connectivity index (χ1v) is 9.50. The molecule has 0 saturated carbocycles. The molecular formula is C17H23N5O3S. The quantitative estimate of drug-likeness (QED) is 0.584. The number of nitrogen functional groups attached to an aromatic ring is 1. The molecule has 0 fully saturated rings. The Hall–Kier alpha value is -2.42. The summed E-state index contributed by atoms with van der Waals surface area (Å²) in [4.78, 5) is 12.4. The van der Waals surface area contributed by atoms with Crippen LogP contribution in [0.2, 0.25) is 0 Å². The molecule has 0 aliphatic carbocycles. The van der Waals surface area contributed by atoms with Crippen LogP contribution in [0.4, 0.5) is 0 Å². The van der Waals surface area contributed by atoms with E-state index >= 15 is 0 Å². The Kier molecular flexibility index (Phi) is 5.87. The van der Waals surface area contributed by atoms with Crippen molar-refractivity contribution in [3.05, 3.63) is 30.1 Å². The minimum Gasteiger partial charge on any atom is -0.490 e. The third-order valence-electron chi connectivity index (χ3n) is 3.99. The topological polar surface area (TPSA) is 104 Å². The number of hydrogen-bond donors (Lipinski definition) is 2. The molecule has 0 radical (unpaired) electrons. The van der Waals surface area contributed by atoms with E-state index in [1.807, 2.05) is 18.2 Å². The number of ether oxygens (including phenoxy) is 2. The van der Waals surface area contributed by atoms with Gasteiger partial charge < -0.3 is 20.6 Å². The van der Waals surface area contributed by atoms with Gasteiger partial charge in [0.2, 0.25) is 11.1 Å². The fourth-order valence-electron chi connectivity index (χ4n) is 2.69. The van der Waals surface area contributed by atoms with Crippen molar-refractivity contribution < 1.29 is 14.3 Å². The van der Waals surface area contributed by atoms with Crippen LogP contribution in [-0.4, -0.2) is 39.7 Å². The van der Waals surface area contributed by atoms with E-state index in [0.29, 0.717) is 18.4 Å². The van der Waals surface area contributed by atoms with Crippen molar-refractivity contribution >= 4 is 17.7 Å². The lowest BCUT2D eigenvalue weighted by molar-refractivity contribution is -0.119. The smallest absolute Gasteiger partial charge is 0.230 e. The van der Waals surface area contributed by atoms with Crippen LogP contribution >= 0.6 is 11.8 Å². The average molecular weight is 377 g/mol. The lowest BCUT2D eigenvalue weighted by atomic mass is 9.95. The zero-order valence-corrected chi connectivity index (χ0v) is 15.7. The van der Waals surface area contributed by atoms with Crippen molar-refractivity contribution in [1.82, 2.24) is 20.2 Å². The van der Waals surface area contributed by atoms with E-state index in [1.54, 1.807) is 0 Å². The highest BCUT2D eigenvalue weighted by Gasteiger charge is 2.21. The Balaban J connectivity index is 1.68. The fourth-order valence-corrected chi connectivity index (χ4v) is 3.33. The molecule has 1 amide bonds. The number of carbonyl (C=O) groups is 1. The van der Waals surface area contributed by atoms with Crippen LogP contribution in [0.3, 0.4) is 0 Å². The standard InChI is InChI=1S/C17H23N5O3S/c1-11(2)16(20-15(23)9-26-17-21-19-10-22(17)18)12-4-5-13-14(8-12)25-7-3-6-24-13/h4-5,8,10-11,16H,3,6-7,9,18H2,1-2H3,(H,20,23)/t16-/m0/s1. The average Bonchev–Trinajstić information content (AvgIpc) is 2.89. The summed E-state index contributed by atoms with van der Waals surface area (Å²) in [6.45, 7) is 5.42. The summed E-state index contributed by atoms with van der Waals surface area (Å²) in [6, 6.07) is 5.71. The molecular weight excluding hydrogens is 354 g/mol. The number of thioether (sulfide) groups is 1. The van der Waals surface area contributed by atoms with Gasteiger partial charge in [0, 0.05) is 6.42 Å². The van der Waals surface area contributed by atoms with Crippen LogP contribution in [0, 0.1) is 5.92 Å². The Labute approximate surface area is 156 Å². The Morgan fingerprint density at radius 2 is 2.12 bits per heavy atom. The van der Waals surface area contributed by atoms with E-state index in [-0.39, 0.29) is 23.6 Å². The molecule has 0 saturated heterocycles. The zero-order chi connectivity index (χ0) is 18.5. The number of fused-ring (bicyclic) bond motifs is 1. The van der Waals surface area contributed by atoms with E-state index in [2.05, 4.69) is 29.4 Å². The second-order valence-corrected chi connectivity index (χ2v) is 7.30. The highest BCUT2D eigenvalue weighted by atomic mass is 32.2. The Morgan fingerprint density at radius 1 is 1.35 bits per heavy atom. The SMILES string of the molecule is CC(C)[C@H](NC(=O)CSc1nncn1N)c1ccc2c(c1)OCCCO2. The number of nitrogens with zero attached hydrogens (tertiary/aromatic N) is 3. The van der Waals surface area contributed by atoms with Crippen molar-refractivity contribution in [2.24, 2.45) is 5.92 Å². The monoisotopic (exact) mass is 377 g/mol. The van der Waals surface area contributed by atoms with Gasteiger partial charge in [0.25, 0.3) is 0 Å². The molecule has 0 bridgehead atoms. The van der Waals surface area contributed by atoms with Gasteiger partial charge in [-0.1, -0.05) is 31.7 Å². The number of nitrogens with one attached hydrogen (secondary N) is 1. The predicted molar refractivity (Wildman–Crippen MR) is 98.7 cm³/mol. The van der Waals surface area contributed by atoms with Crippen molar-refractivity contribution in [3.8, 4) is 11.5 Å². The Bertz CT molecular complexity index is 765. The van der Waals surface area contributed by atoms with E-state index in [1.165, 1.54) is 22.8 Å². The minimum atomic E-state index is -0.129. The molecule has 0 unspecified atom stereocenters. The highest BCUT2D eigenvalue weighted by molar-refractivity contribution is 7.99. The second-order valence-electron chi connectivity index (χ2n) is 6.36. The first-order chi connectivity index (χ1) is 12.5. The summed E-state index contributed by atoms with van der Waals surface area (Å²) < 4.78 is 12.7. The molecule has 1 atom stereocenters. The normalized spacial score (nSPS) is 14.7. The number of amides is 1. The fraction of sp³-hybridized carbons (Fsp3) is 0.471. The maximum Gasteiger partial charge on any atom is 0.230 e. The molecule has 9 heteroatoms. The molecule has 8 nitrogen and oxygen atoms in total. The first-order valence-electron chi connectivity index (χ1n) is 8.51. The maximum atomic E-state index is 12.4. The summed E-state index contributed by atoms with van der Waals surface area (Å²) in [5.74, 6) is 7.47. The molecule has 3 rings (SSSR count). The molecule has 1 aromatic carbocycles. The van der Waals surface area contributed by atoms with E-state index in [0.717, 1.165) is 23.5 Å².